The number of rotatable bonds is 9. The Kier molecular flexibility index (Phi) is 10.3. The number of nitrogens with zero attached hydrogens (tertiary/aromatic N) is 1. The SMILES string of the molecule is Bc1cc(S(=O)(=O)NC(I)/C(=N\c2ccccc2N)Nc2sc3c(c2C(=O)OCC)CCCC3)cc(C)c1NC(C)=O. The Bertz CT molecular complexity index is 1630. The molecule has 0 bridgehead atoms. The number of esters is 1. The summed E-state index contributed by atoms with van der Waals surface area (Å²) in [4.78, 5) is 30.6. The number of anilines is 3. The third-order valence-corrected chi connectivity index (χ3v) is 10.6. The zero-order chi connectivity index (χ0) is 30.6. The molecular weight excluding hydrogens is 688 g/mol. The van der Waals surface area contributed by atoms with E-state index in [4.69, 9.17) is 15.5 Å². The van der Waals surface area contributed by atoms with Gasteiger partial charge < -0.3 is 21.1 Å². The fourth-order valence-corrected chi connectivity index (χ4v) is 8.54. The molecule has 0 aliphatic heterocycles. The van der Waals surface area contributed by atoms with Crippen LogP contribution in [0.25, 0.3) is 0 Å². The molecule has 0 fully saturated rings. The van der Waals surface area contributed by atoms with Crippen molar-refractivity contribution in [2.75, 3.05) is 23.0 Å². The van der Waals surface area contributed by atoms with Crippen LogP contribution >= 0.6 is 33.9 Å². The van der Waals surface area contributed by atoms with Gasteiger partial charge in [-0.3, -0.25) is 4.79 Å². The Labute approximate surface area is 264 Å². The van der Waals surface area contributed by atoms with Gasteiger partial charge in [-0.15, -0.1) is 11.3 Å². The quantitative estimate of drug-likeness (QED) is 0.0384. The smallest absolute Gasteiger partial charge is 0.341 e. The Morgan fingerprint density at radius 3 is 2.57 bits per heavy atom. The second-order valence-corrected chi connectivity index (χ2v) is 14.0. The summed E-state index contributed by atoms with van der Waals surface area (Å²) in [6.07, 6.45) is 3.64. The second kappa shape index (κ2) is 13.6. The van der Waals surface area contributed by atoms with Crippen LogP contribution in [0.15, 0.2) is 46.3 Å². The zero-order valence-electron chi connectivity index (χ0n) is 23.8. The minimum Gasteiger partial charge on any atom is -0.462 e. The number of aryl methyl sites for hydroxylation is 2. The number of sulfonamides is 1. The summed E-state index contributed by atoms with van der Waals surface area (Å²) in [7, 11) is -2.30. The van der Waals surface area contributed by atoms with Crippen molar-refractivity contribution in [1.29, 1.82) is 0 Å². The fourth-order valence-electron chi connectivity index (χ4n) is 4.77. The maximum atomic E-state index is 13.6. The van der Waals surface area contributed by atoms with Gasteiger partial charge in [-0.25, -0.2) is 18.2 Å². The van der Waals surface area contributed by atoms with E-state index in [9.17, 15) is 18.0 Å². The number of benzene rings is 2. The first kappa shape index (κ1) is 32.0. The number of amidine groups is 1. The first-order valence-corrected chi connectivity index (χ1v) is 17.0. The number of thiophene rings is 1. The van der Waals surface area contributed by atoms with Gasteiger partial charge >= 0.3 is 5.97 Å². The molecule has 1 unspecified atom stereocenters. The van der Waals surface area contributed by atoms with Crippen LogP contribution in [-0.2, 0) is 32.4 Å². The van der Waals surface area contributed by atoms with Crippen LogP contribution in [0, 0.1) is 6.92 Å². The Morgan fingerprint density at radius 1 is 1.19 bits per heavy atom. The summed E-state index contributed by atoms with van der Waals surface area (Å²) in [5, 5.41) is 6.58. The van der Waals surface area contributed by atoms with Crippen molar-refractivity contribution in [1.82, 2.24) is 4.72 Å². The Balaban J connectivity index is 1.74. The molecule has 1 aromatic heterocycles. The van der Waals surface area contributed by atoms with Crippen LogP contribution in [-0.4, -0.2) is 44.6 Å². The average Bonchev–Trinajstić information content (AvgIpc) is 3.29. The summed E-state index contributed by atoms with van der Waals surface area (Å²) >= 11 is 3.42. The number of nitrogens with one attached hydrogen (secondary N) is 3. The van der Waals surface area contributed by atoms with Gasteiger partial charge in [-0.1, -0.05) is 40.2 Å². The lowest BCUT2D eigenvalue weighted by atomic mass is 9.92. The van der Waals surface area contributed by atoms with Crippen LogP contribution in [0.2, 0.25) is 0 Å². The number of aliphatic imine (C=N–C) groups is 1. The molecule has 0 saturated heterocycles. The molecule has 42 heavy (non-hydrogen) atoms. The van der Waals surface area contributed by atoms with Crippen LogP contribution in [0.4, 0.5) is 22.1 Å². The number of carbonyl (C=O) groups excluding carboxylic acids is 2. The van der Waals surface area contributed by atoms with Crippen molar-refractivity contribution < 1.29 is 22.7 Å². The average molecular weight is 721 g/mol. The van der Waals surface area contributed by atoms with Crippen LogP contribution < -0.4 is 26.6 Å². The highest BCUT2D eigenvalue weighted by molar-refractivity contribution is 14.1. The lowest BCUT2D eigenvalue weighted by molar-refractivity contribution is -0.114. The minimum absolute atomic E-state index is 0.0469. The number of fused-ring (bicyclic) bond motifs is 1. The van der Waals surface area contributed by atoms with E-state index in [1.807, 2.05) is 22.6 Å². The van der Waals surface area contributed by atoms with Gasteiger partial charge in [-0.2, -0.15) is 4.72 Å². The molecular formula is C28H33BIN5O5S2. The van der Waals surface area contributed by atoms with E-state index >= 15 is 0 Å². The maximum Gasteiger partial charge on any atom is 0.341 e. The highest BCUT2D eigenvalue weighted by atomic mass is 127. The predicted molar refractivity (Wildman–Crippen MR) is 180 cm³/mol. The van der Waals surface area contributed by atoms with E-state index in [0.717, 1.165) is 36.1 Å². The number of carbonyl (C=O) groups is 2. The molecule has 0 radical (unpaired) electrons. The molecule has 1 atom stereocenters. The first-order chi connectivity index (χ1) is 19.9. The summed E-state index contributed by atoms with van der Waals surface area (Å²) in [6, 6.07) is 10.0. The molecule has 1 aliphatic carbocycles. The van der Waals surface area contributed by atoms with Crippen LogP contribution in [0.3, 0.4) is 0 Å². The number of alkyl halides is 1. The highest BCUT2D eigenvalue weighted by Crippen LogP contribution is 2.39. The molecule has 2 aromatic carbocycles. The second-order valence-electron chi connectivity index (χ2n) is 9.91. The molecule has 222 valence electrons. The molecule has 3 aromatic rings. The van der Waals surface area contributed by atoms with Gasteiger partial charge in [0, 0.05) is 17.5 Å². The summed E-state index contributed by atoms with van der Waals surface area (Å²) < 4.78 is 34.4. The van der Waals surface area contributed by atoms with Crippen LogP contribution in [0.1, 0.15) is 53.1 Å². The van der Waals surface area contributed by atoms with Crippen LogP contribution in [0.5, 0.6) is 0 Å². The third kappa shape index (κ3) is 7.33. The monoisotopic (exact) mass is 721 g/mol. The number of nitrogen functional groups attached to an aromatic ring is 1. The van der Waals surface area contributed by atoms with Gasteiger partial charge in [0.15, 0.2) is 0 Å². The largest absolute Gasteiger partial charge is 0.462 e. The molecule has 4 rings (SSSR count). The lowest BCUT2D eigenvalue weighted by Gasteiger charge is -2.19. The minimum atomic E-state index is -4.04. The van der Waals surface area contributed by atoms with E-state index in [-0.39, 0.29) is 23.2 Å². The van der Waals surface area contributed by atoms with Crippen molar-refractivity contribution in [2.45, 2.75) is 55.4 Å². The molecule has 1 heterocycles. The van der Waals surface area contributed by atoms with Gasteiger partial charge in [0.05, 0.1) is 28.4 Å². The number of ether oxygens (including phenoxy) is 1. The number of hydrogen-bond acceptors (Lipinski definition) is 8. The number of para-hydroxylation sites is 2. The van der Waals surface area contributed by atoms with E-state index < -0.39 is 20.0 Å². The maximum absolute atomic E-state index is 13.6. The molecule has 10 nitrogen and oxygen atoms in total. The van der Waals surface area contributed by atoms with Gasteiger partial charge in [0.25, 0.3) is 0 Å². The summed E-state index contributed by atoms with van der Waals surface area (Å²) in [5.41, 5.74) is 10.3. The molecule has 1 amide bonds. The molecule has 0 saturated carbocycles. The van der Waals surface area contributed by atoms with E-state index in [0.29, 0.717) is 38.7 Å². The fraction of sp³-hybridized carbons (Fsp3) is 0.321. The van der Waals surface area contributed by atoms with Crippen molar-refractivity contribution in [3.05, 3.63) is 58.0 Å². The van der Waals surface area contributed by atoms with Crippen molar-refractivity contribution in [3.8, 4) is 0 Å². The number of hydrogen-bond donors (Lipinski definition) is 4. The predicted octanol–water partition coefficient (Wildman–Crippen LogP) is 3.79. The lowest BCUT2D eigenvalue weighted by Crippen LogP contribution is -2.40. The van der Waals surface area contributed by atoms with E-state index in [1.165, 1.54) is 30.4 Å². The van der Waals surface area contributed by atoms with Gasteiger partial charge in [0.1, 0.15) is 22.7 Å². The van der Waals surface area contributed by atoms with Gasteiger partial charge in [-0.05, 0) is 74.9 Å². The van der Waals surface area contributed by atoms with Gasteiger partial charge in [0.2, 0.25) is 15.9 Å². The summed E-state index contributed by atoms with van der Waals surface area (Å²) in [5.74, 6) is -0.412. The number of halogens is 1. The number of nitrogens with two attached hydrogens (primary N) is 1. The molecule has 1 aliphatic rings. The third-order valence-electron chi connectivity index (χ3n) is 6.69. The van der Waals surface area contributed by atoms with E-state index in [2.05, 4.69) is 15.4 Å². The van der Waals surface area contributed by atoms with Crippen molar-refractivity contribution in [3.63, 3.8) is 0 Å². The molecule has 14 heteroatoms. The van der Waals surface area contributed by atoms with Crippen molar-refractivity contribution >= 4 is 97.0 Å². The summed E-state index contributed by atoms with van der Waals surface area (Å²) in [6.45, 7) is 5.13. The standard InChI is InChI=1S/C28H33BIN5O5S2/c1-4-40-28(37)23-18-9-5-8-12-22(18)41-27(23)34-26(33-21-11-7-6-10-20(21)31)25(30)35-42(38,39)17-13-15(2)24(19(29)14-17)32-16(3)36/h6-7,10-11,13-14,25,35H,4-5,8-9,12,29,31H2,1-3H3,(H,32,36)(H,33,34). The highest BCUT2D eigenvalue weighted by Gasteiger charge is 2.30. The zero-order valence-corrected chi connectivity index (χ0v) is 27.6. The Morgan fingerprint density at radius 2 is 1.90 bits per heavy atom. The normalized spacial score (nSPS) is 14.1. The molecule has 5 N–H and O–H groups in total. The molecule has 0 spiro atoms. The van der Waals surface area contributed by atoms with E-state index in [1.54, 1.807) is 46.0 Å². The first-order valence-electron chi connectivity index (χ1n) is 13.5. The van der Waals surface area contributed by atoms with Crippen molar-refractivity contribution in [2.24, 2.45) is 4.99 Å². The topological polar surface area (TPSA) is 152 Å². The number of amides is 1. The Hall–Kier alpha value is -2.95.